The molecule has 20 heavy (non-hydrogen) atoms. The van der Waals surface area contributed by atoms with E-state index < -0.39 is 0 Å². The number of para-hydroxylation sites is 1. The number of rotatable bonds is 5. The number of carbonyl (C=O) groups is 1. The minimum atomic E-state index is -0.373. The van der Waals surface area contributed by atoms with Gasteiger partial charge < -0.3 is 10.6 Å². The van der Waals surface area contributed by atoms with Crippen LogP contribution in [-0.2, 0) is 0 Å². The molecule has 1 aromatic rings. The van der Waals surface area contributed by atoms with Crippen LogP contribution in [0.25, 0.3) is 0 Å². The lowest BCUT2D eigenvalue weighted by Crippen LogP contribution is -2.43. The third kappa shape index (κ3) is 3.30. The molecule has 1 saturated carbocycles. The van der Waals surface area contributed by atoms with E-state index in [1.807, 2.05) is 6.92 Å². The Morgan fingerprint density at radius 3 is 2.70 bits per heavy atom. The molecular weight excluding hydrogens is 255 g/mol. The van der Waals surface area contributed by atoms with E-state index >= 15 is 0 Å². The van der Waals surface area contributed by atoms with Crippen molar-refractivity contribution in [2.24, 2.45) is 0 Å². The van der Waals surface area contributed by atoms with Crippen molar-refractivity contribution in [2.75, 3.05) is 11.9 Å². The Morgan fingerprint density at radius 1 is 1.35 bits per heavy atom. The van der Waals surface area contributed by atoms with E-state index in [-0.39, 0.29) is 17.3 Å². The Morgan fingerprint density at radius 2 is 2.05 bits per heavy atom. The fourth-order valence-electron chi connectivity index (χ4n) is 2.76. The Balaban J connectivity index is 2.18. The van der Waals surface area contributed by atoms with Crippen molar-refractivity contribution in [1.29, 1.82) is 0 Å². The monoisotopic (exact) mass is 278 g/mol. The Kier molecular flexibility index (Phi) is 4.63. The first-order valence-electron chi connectivity index (χ1n) is 7.40. The quantitative estimate of drug-likeness (QED) is 0.862. The molecule has 1 aliphatic rings. The zero-order chi connectivity index (χ0) is 14.6. The molecule has 1 aromatic carbocycles. The van der Waals surface area contributed by atoms with E-state index in [1.165, 1.54) is 6.07 Å². The highest BCUT2D eigenvalue weighted by Crippen LogP contribution is 2.30. The largest absolute Gasteiger partial charge is 0.382 e. The number of nitrogens with one attached hydrogen (secondary N) is 2. The van der Waals surface area contributed by atoms with Crippen molar-refractivity contribution in [1.82, 2.24) is 5.32 Å². The highest BCUT2D eigenvalue weighted by atomic mass is 19.1. The van der Waals surface area contributed by atoms with Crippen LogP contribution in [0.2, 0.25) is 0 Å². The predicted molar refractivity (Wildman–Crippen MR) is 79.5 cm³/mol. The minimum absolute atomic E-state index is 0.147. The first kappa shape index (κ1) is 14.8. The highest BCUT2D eigenvalue weighted by molar-refractivity contribution is 6.00. The number of hydrogen-bond acceptors (Lipinski definition) is 2. The van der Waals surface area contributed by atoms with E-state index in [4.69, 9.17) is 0 Å². The zero-order valence-electron chi connectivity index (χ0n) is 12.3. The summed E-state index contributed by atoms with van der Waals surface area (Å²) in [5.41, 5.74) is 0.561. The maximum absolute atomic E-state index is 13.9. The molecule has 1 aliphatic carbocycles. The third-order valence-corrected chi connectivity index (χ3v) is 3.93. The molecule has 3 nitrogen and oxygen atoms in total. The number of carbonyl (C=O) groups excluding carboxylic acids is 1. The van der Waals surface area contributed by atoms with Gasteiger partial charge in [0.1, 0.15) is 5.82 Å². The van der Waals surface area contributed by atoms with Gasteiger partial charge in [0.25, 0.3) is 5.91 Å². The fourth-order valence-corrected chi connectivity index (χ4v) is 2.76. The molecule has 0 heterocycles. The molecule has 1 amide bonds. The summed E-state index contributed by atoms with van der Waals surface area (Å²) < 4.78 is 13.9. The second-order valence-electron chi connectivity index (χ2n) is 5.81. The Labute approximate surface area is 120 Å². The molecule has 2 N–H and O–H groups in total. The van der Waals surface area contributed by atoms with Crippen molar-refractivity contribution >= 4 is 11.6 Å². The van der Waals surface area contributed by atoms with Crippen LogP contribution in [0.1, 0.15) is 56.3 Å². The summed E-state index contributed by atoms with van der Waals surface area (Å²) in [6, 6.07) is 4.64. The van der Waals surface area contributed by atoms with Gasteiger partial charge in [-0.05, 0) is 38.3 Å². The van der Waals surface area contributed by atoms with Crippen molar-refractivity contribution in [2.45, 2.75) is 51.5 Å². The van der Waals surface area contributed by atoms with Crippen LogP contribution in [0, 0.1) is 5.82 Å². The molecule has 0 bridgehead atoms. The first-order chi connectivity index (χ1) is 9.56. The van der Waals surface area contributed by atoms with E-state index in [0.29, 0.717) is 17.8 Å². The first-order valence-corrected chi connectivity index (χ1v) is 7.40. The van der Waals surface area contributed by atoms with Crippen LogP contribution < -0.4 is 10.6 Å². The predicted octanol–water partition coefficient (Wildman–Crippen LogP) is 3.71. The number of amides is 1. The fraction of sp³-hybridized carbons (Fsp3) is 0.562. The van der Waals surface area contributed by atoms with Gasteiger partial charge in [-0.3, -0.25) is 4.79 Å². The van der Waals surface area contributed by atoms with Gasteiger partial charge in [0, 0.05) is 12.1 Å². The number of hydrogen-bond donors (Lipinski definition) is 2. The molecule has 0 unspecified atom stereocenters. The van der Waals surface area contributed by atoms with E-state index in [1.54, 1.807) is 12.1 Å². The van der Waals surface area contributed by atoms with Gasteiger partial charge in [-0.2, -0.15) is 0 Å². The van der Waals surface area contributed by atoms with Crippen molar-refractivity contribution in [3.05, 3.63) is 29.6 Å². The second kappa shape index (κ2) is 6.25. The van der Waals surface area contributed by atoms with Crippen LogP contribution in [0.5, 0.6) is 0 Å². The molecular formula is C16H23FN2O. The van der Waals surface area contributed by atoms with Crippen LogP contribution in [0.4, 0.5) is 10.1 Å². The summed E-state index contributed by atoms with van der Waals surface area (Å²) in [6.45, 7) is 4.72. The lowest BCUT2D eigenvalue weighted by atomic mass is 9.99. The topological polar surface area (TPSA) is 41.1 Å². The van der Waals surface area contributed by atoms with Crippen molar-refractivity contribution in [3.63, 3.8) is 0 Å². The van der Waals surface area contributed by atoms with Gasteiger partial charge in [0.05, 0.1) is 11.3 Å². The molecule has 0 saturated heterocycles. The molecule has 0 aromatic heterocycles. The third-order valence-electron chi connectivity index (χ3n) is 3.93. The molecule has 0 spiro atoms. The van der Waals surface area contributed by atoms with Crippen LogP contribution in [0.15, 0.2) is 18.2 Å². The Hall–Kier alpha value is -1.58. The highest BCUT2D eigenvalue weighted by Gasteiger charge is 2.31. The smallest absolute Gasteiger partial charge is 0.253 e. The lowest BCUT2D eigenvalue weighted by molar-refractivity contribution is 0.0908. The molecule has 0 atom stereocenters. The molecule has 4 heteroatoms. The van der Waals surface area contributed by atoms with Gasteiger partial charge in [-0.1, -0.05) is 25.8 Å². The summed E-state index contributed by atoms with van der Waals surface area (Å²) >= 11 is 0. The molecule has 0 radical (unpaired) electrons. The average Bonchev–Trinajstić information content (AvgIpc) is 2.83. The molecule has 2 rings (SSSR count). The van der Waals surface area contributed by atoms with E-state index in [9.17, 15) is 9.18 Å². The summed E-state index contributed by atoms with van der Waals surface area (Å²) in [4.78, 5) is 12.4. The minimum Gasteiger partial charge on any atom is -0.382 e. The lowest BCUT2D eigenvalue weighted by Gasteiger charge is -2.26. The summed E-state index contributed by atoms with van der Waals surface area (Å²) in [6.07, 6.45) is 5.15. The maximum Gasteiger partial charge on any atom is 0.253 e. The zero-order valence-corrected chi connectivity index (χ0v) is 12.3. The maximum atomic E-state index is 13.9. The normalized spacial score (nSPS) is 16.9. The molecule has 0 aliphatic heterocycles. The van der Waals surface area contributed by atoms with Gasteiger partial charge in [-0.25, -0.2) is 4.39 Å². The van der Waals surface area contributed by atoms with Crippen molar-refractivity contribution in [3.8, 4) is 0 Å². The standard InChI is InChI=1S/C16H23FN2O/c1-3-11-18-14-12(7-6-8-13(14)17)15(20)19-16(2)9-4-5-10-16/h6-8,18H,3-5,9-11H2,1-2H3,(H,19,20). The van der Waals surface area contributed by atoms with Gasteiger partial charge in [-0.15, -0.1) is 0 Å². The molecule has 110 valence electrons. The van der Waals surface area contributed by atoms with Gasteiger partial charge >= 0.3 is 0 Å². The van der Waals surface area contributed by atoms with Crippen molar-refractivity contribution < 1.29 is 9.18 Å². The average molecular weight is 278 g/mol. The number of halogens is 1. The molecule has 1 fully saturated rings. The summed E-state index contributed by atoms with van der Waals surface area (Å²) in [5, 5.41) is 6.08. The number of anilines is 1. The Bertz CT molecular complexity index is 481. The van der Waals surface area contributed by atoms with Gasteiger partial charge in [0.2, 0.25) is 0 Å². The van der Waals surface area contributed by atoms with Gasteiger partial charge in [0.15, 0.2) is 0 Å². The van der Waals surface area contributed by atoms with Crippen LogP contribution in [-0.4, -0.2) is 18.0 Å². The van der Waals surface area contributed by atoms with Crippen LogP contribution >= 0.6 is 0 Å². The van der Waals surface area contributed by atoms with Crippen LogP contribution in [0.3, 0.4) is 0 Å². The number of benzene rings is 1. The van der Waals surface area contributed by atoms with E-state index in [2.05, 4.69) is 17.6 Å². The van der Waals surface area contributed by atoms with E-state index in [0.717, 1.165) is 32.1 Å². The summed E-state index contributed by atoms with van der Waals surface area (Å²) in [7, 11) is 0. The summed E-state index contributed by atoms with van der Waals surface area (Å²) in [5.74, 6) is -0.560. The SMILES string of the molecule is CCCNc1c(F)cccc1C(=O)NC1(C)CCCC1. The second-order valence-corrected chi connectivity index (χ2v) is 5.81.